The van der Waals surface area contributed by atoms with Crippen LogP contribution in [0.1, 0.15) is 33.3 Å². The molecule has 2 amide bonds. The van der Waals surface area contributed by atoms with Crippen molar-refractivity contribution in [3.8, 4) is 0 Å². The first-order valence-electron chi connectivity index (χ1n) is 14.4. The summed E-state index contributed by atoms with van der Waals surface area (Å²) < 4.78 is 27.7. The van der Waals surface area contributed by atoms with Gasteiger partial charge in [0, 0.05) is 13.3 Å². The predicted octanol–water partition coefficient (Wildman–Crippen LogP) is 6.18. The number of carbonyl (C=O) groups excluding carboxylic acids is 2. The van der Waals surface area contributed by atoms with E-state index in [2.05, 4.69) is 9.95 Å². The summed E-state index contributed by atoms with van der Waals surface area (Å²) in [5.74, 6) is 0. The minimum atomic E-state index is -3.65. The lowest BCUT2D eigenvalue weighted by Crippen LogP contribution is -2.54. The molecule has 1 N–H and O–H groups in total. The van der Waals surface area contributed by atoms with Crippen LogP contribution in [0.15, 0.2) is 121 Å². The minimum absolute atomic E-state index is 0.0374. The highest BCUT2D eigenvalue weighted by molar-refractivity contribution is 7.94. The topological polar surface area (TPSA) is 117 Å². The van der Waals surface area contributed by atoms with Gasteiger partial charge in [-0.15, -0.1) is 0 Å². The van der Waals surface area contributed by atoms with Gasteiger partial charge in [0.2, 0.25) is 7.41 Å². The van der Waals surface area contributed by atoms with Crippen molar-refractivity contribution in [2.24, 2.45) is 0 Å². The Morgan fingerprint density at radius 2 is 1.09 bits per heavy atom. The third-order valence-corrected chi connectivity index (χ3v) is 11.5. The molecule has 0 aliphatic carbocycles. The lowest BCUT2D eigenvalue weighted by molar-refractivity contribution is -0.196. The first kappa shape index (κ1) is 35.5. The second-order valence-electron chi connectivity index (χ2n) is 10.4. The number of hydrogen-bond donors (Lipinski definition) is 1. The molecule has 1 atom stereocenters. The minimum Gasteiger partial charge on any atom is -0.778 e. The summed E-state index contributed by atoms with van der Waals surface area (Å²) in [6, 6.07) is 38.1. The number of amides is 2. The molecule has 0 saturated carbocycles. The van der Waals surface area contributed by atoms with Gasteiger partial charge < -0.3 is 23.5 Å². The Morgan fingerprint density at radius 3 is 1.44 bits per heavy atom. The Bertz CT molecular complexity index is 1430. The van der Waals surface area contributed by atoms with E-state index < -0.39 is 27.2 Å². The van der Waals surface area contributed by atoms with Gasteiger partial charge in [-0.2, -0.15) is 5.43 Å². The highest BCUT2D eigenvalue weighted by Gasteiger charge is 2.56. The molecule has 45 heavy (non-hydrogen) atoms. The molecule has 0 heterocycles. The maximum absolute atomic E-state index is 13.6. The first-order chi connectivity index (χ1) is 21.5. The third-order valence-electron chi connectivity index (χ3n) is 6.24. The quantitative estimate of drug-likeness (QED) is 0.170. The van der Waals surface area contributed by atoms with Gasteiger partial charge in [-0.25, -0.2) is 9.59 Å². The van der Waals surface area contributed by atoms with E-state index in [1.165, 1.54) is 11.9 Å². The van der Waals surface area contributed by atoms with Gasteiger partial charge in [-0.1, -0.05) is 89.7 Å². The van der Waals surface area contributed by atoms with Crippen LogP contribution in [0.2, 0.25) is 0 Å². The summed E-state index contributed by atoms with van der Waals surface area (Å²) in [7, 11) is -5.39. The number of carbonyl (C=O) groups is 2. The molecule has 0 aliphatic rings. The monoisotopic (exact) mass is 650 g/mol. The number of ether oxygens (including phenoxy) is 2. The van der Waals surface area contributed by atoms with Gasteiger partial charge in [0.05, 0.1) is 12.2 Å². The molecular formula is C34H40N2O7P2. The molecular weight excluding hydrogens is 610 g/mol. The number of nitrogens with one attached hydrogen (secondary N) is 1. The van der Waals surface area contributed by atoms with Crippen molar-refractivity contribution in [1.82, 2.24) is 10.2 Å². The Kier molecular flexibility index (Phi) is 13.3. The average molecular weight is 651 g/mol. The summed E-state index contributed by atoms with van der Waals surface area (Å²) in [5.41, 5.74) is 3.48. The largest absolute Gasteiger partial charge is 0.778 e. The predicted molar refractivity (Wildman–Crippen MR) is 178 cm³/mol. The van der Waals surface area contributed by atoms with Gasteiger partial charge in [0.1, 0.15) is 23.5 Å². The van der Waals surface area contributed by atoms with Crippen molar-refractivity contribution in [1.29, 1.82) is 0 Å². The van der Waals surface area contributed by atoms with Crippen LogP contribution in [0.5, 0.6) is 0 Å². The maximum atomic E-state index is 13.6. The fourth-order valence-corrected chi connectivity index (χ4v) is 9.13. The number of benzene rings is 4. The summed E-state index contributed by atoms with van der Waals surface area (Å²) >= 11 is 0. The second-order valence-corrected chi connectivity index (χ2v) is 15.5. The highest BCUT2D eigenvalue weighted by Crippen LogP contribution is 2.58. The molecule has 4 rings (SSSR count). The van der Waals surface area contributed by atoms with Crippen LogP contribution in [0.4, 0.5) is 9.59 Å². The highest BCUT2D eigenvalue weighted by atomic mass is 31.2. The fraction of sp³-hybridized carbons (Fsp3) is 0.235. The van der Waals surface area contributed by atoms with Crippen molar-refractivity contribution in [3.63, 3.8) is 0 Å². The Morgan fingerprint density at radius 1 is 0.711 bits per heavy atom. The smallest absolute Gasteiger partial charge is 0.463 e. The lowest BCUT2D eigenvalue weighted by atomic mass is 10.2. The van der Waals surface area contributed by atoms with Crippen LogP contribution < -0.4 is 26.2 Å². The second kappa shape index (κ2) is 16.9. The van der Waals surface area contributed by atoms with Crippen LogP contribution in [-0.2, 0) is 24.7 Å². The summed E-state index contributed by atoms with van der Waals surface area (Å²) in [6.45, 7) is 7.06. The molecule has 238 valence electrons. The van der Waals surface area contributed by atoms with Crippen LogP contribution in [0, 0.1) is 0 Å². The molecule has 1 unspecified atom stereocenters. The van der Waals surface area contributed by atoms with E-state index in [-0.39, 0.29) is 18.4 Å². The van der Waals surface area contributed by atoms with Crippen LogP contribution in [0.3, 0.4) is 0 Å². The first-order valence-corrected chi connectivity index (χ1v) is 17.9. The molecule has 0 radical (unpaired) electrons. The SMILES string of the molecule is CC(C)OC(=O)NN(C(=O)OC(C)C)[P+](c1ccccc1)(c1ccccc1)c1ccccc1.COP(=O)([O-])Cc1ccccc1. The molecule has 0 aromatic heterocycles. The van der Waals surface area contributed by atoms with Crippen molar-refractivity contribution in [3.05, 3.63) is 127 Å². The zero-order chi connectivity index (χ0) is 32.9. The van der Waals surface area contributed by atoms with Gasteiger partial charge in [-0.05, 0) is 69.7 Å². The molecule has 0 saturated heterocycles. The van der Waals surface area contributed by atoms with E-state index in [9.17, 15) is 19.0 Å². The third kappa shape index (κ3) is 10.0. The maximum Gasteiger partial charge on any atom is 0.463 e. The number of nitrogens with zero attached hydrogens (tertiary/aromatic N) is 1. The van der Waals surface area contributed by atoms with E-state index in [4.69, 9.17) is 9.47 Å². The molecule has 0 fully saturated rings. The molecule has 9 nitrogen and oxygen atoms in total. The van der Waals surface area contributed by atoms with Crippen molar-refractivity contribution in [2.75, 3.05) is 7.11 Å². The molecule has 4 aromatic rings. The summed E-state index contributed by atoms with van der Waals surface area (Å²) in [5, 5.41) is 2.65. The van der Waals surface area contributed by atoms with E-state index in [0.29, 0.717) is 0 Å². The molecule has 4 aromatic carbocycles. The lowest BCUT2D eigenvalue weighted by Gasteiger charge is -2.35. The fourth-order valence-electron chi connectivity index (χ4n) is 4.42. The van der Waals surface area contributed by atoms with Crippen molar-refractivity contribution < 1.29 is 33.0 Å². The summed E-state index contributed by atoms with van der Waals surface area (Å²) in [4.78, 5) is 37.4. The Labute approximate surface area is 266 Å². The normalized spacial score (nSPS) is 12.4. The number of rotatable bonds is 9. The average Bonchev–Trinajstić information content (AvgIpc) is 3.02. The Balaban J connectivity index is 0.000000385. The van der Waals surface area contributed by atoms with Crippen LogP contribution in [-0.4, -0.2) is 36.3 Å². The standard InChI is InChI=1S/C26H29N2O4P.C8H11O3P/c1-20(2)31-25(29)27-28(26(30)32-21(3)4)33(22-14-8-5-9-15-22,23-16-10-6-11-17-23)24-18-12-7-13-19-24;1-11-12(9,10)7-8-5-3-2-4-6-8/h5-21H,1-4H3;2-6H,7H2,1H3,(H,9,10). The molecule has 0 aliphatic heterocycles. The van der Waals surface area contributed by atoms with Gasteiger partial charge in [-0.3, -0.25) is 0 Å². The molecule has 0 spiro atoms. The molecule has 11 heteroatoms. The number of hydrazine groups is 1. The number of hydrogen-bond acceptors (Lipinski definition) is 7. The zero-order valence-corrected chi connectivity index (χ0v) is 27.9. The van der Waals surface area contributed by atoms with E-state index in [1.807, 2.05) is 97.1 Å². The van der Waals surface area contributed by atoms with E-state index in [0.717, 1.165) is 21.5 Å². The van der Waals surface area contributed by atoms with E-state index >= 15 is 0 Å². The van der Waals surface area contributed by atoms with Crippen LogP contribution >= 0.6 is 15.0 Å². The Hall–Kier alpha value is -4.00. The van der Waals surface area contributed by atoms with Gasteiger partial charge in [0.15, 0.2) is 0 Å². The van der Waals surface area contributed by atoms with Gasteiger partial charge >= 0.3 is 12.2 Å². The summed E-state index contributed by atoms with van der Waals surface area (Å²) in [6.07, 6.45) is -2.16. The van der Waals surface area contributed by atoms with Crippen molar-refractivity contribution >= 4 is 43.1 Å². The zero-order valence-electron chi connectivity index (χ0n) is 26.1. The van der Waals surface area contributed by atoms with Crippen LogP contribution in [0.25, 0.3) is 0 Å². The van der Waals surface area contributed by atoms with E-state index in [1.54, 1.807) is 52.0 Å². The molecule has 0 bridgehead atoms. The van der Waals surface area contributed by atoms with Crippen molar-refractivity contribution in [2.45, 2.75) is 46.1 Å². The van der Waals surface area contributed by atoms with Gasteiger partial charge in [0.25, 0.3) is 0 Å².